The first-order valence-corrected chi connectivity index (χ1v) is 6.89. The van der Waals surface area contributed by atoms with Gasteiger partial charge in [0.15, 0.2) is 5.15 Å². The zero-order chi connectivity index (χ0) is 14.5. The van der Waals surface area contributed by atoms with Crippen LogP contribution >= 0.6 is 11.6 Å². The van der Waals surface area contributed by atoms with Gasteiger partial charge in [-0.05, 0) is 44.5 Å². The van der Waals surface area contributed by atoms with Crippen LogP contribution in [0.3, 0.4) is 0 Å². The lowest BCUT2D eigenvalue weighted by molar-refractivity contribution is 0.317. The maximum Gasteiger partial charge on any atom is 0.257 e. The first kappa shape index (κ1) is 14.6. The summed E-state index contributed by atoms with van der Waals surface area (Å²) in [5.41, 5.74) is 1.60. The largest absolute Gasteiger partial charge is 0.494 e. The van der Waals surface area contributed by atoms with E-state index in [-0.39, 0.29) is 5.15 Å². The van der Waals surface area contributed by atoms with E-state index < -0.39 is 0 Å². The molecule has 106 valence electrons. The maximum absolute atomic E-state index is 6.03. The van der Waals surface area contributed by atoms with Crippen LogP contribution < -0.4 is 9.47 Å². The van der Waals surface area contributed by atoms with Gasteiger partial charge in [0.25, 0.3) is 5.88 Å². The van der Waals surface area contributed by atoms with Gasteiger partial charge in [0, 0.05) is 0 Å². The molecule has 5 heteroatoms. The summed E-state index contributed by atoms with van der Waals surface area (Å²) in [5, 5.41) is 0.263. The second-order valence-corrected chi connectivity index (χ2v) is 4.77. The number of halogens is 1. The van der Waals surface area contributed by atoms with Gasteiger partial charge >= 0.3 is 0 Å². The van der Waals surface area contributed by atoms with Gasteiger partial charge in [-0.2, -0.15) is 0 Å². The predicted octanol–water partition coefficient (Wildman–Crippen LogP) is 4.33. The molecule has 1 aromatic carbocycles. The van der Waals surface area contributed by atoms with Crippen LogP contribution in [0.1, 0.15) is 24.7 Å². The number of hydrogen-bond donors (Lipinski definition) is 0. The predicted molar refractivity (Wildman–Crippen MR) is 78.8 cm³/mol. The van der Waals surface area contributed by atoms with Crippen LogP contribution in [-0.2, 0) is 0 Å². The Bertz CT molecular complexity index is 585. The molecular weight excluding hydrogens is 276 g/mol. The first-order valence-electron chi connectivity index (χ1n) is 6.51. The minimum Gasteiger partial charge on any atom is -0.494 e. The standard InChI is InChI=1S/C15H17ClN2O2/c1-4-9-19-12-5-7-13(8-6-12)20-15-14(16)17-10(2)11(3)18-15/h5-8H,4,9H2,1-3H3. The molecule has 1 heterocycles. The molecule has 0 radical (unpaired) electrons. The normalized spacial score (nSPS) is 10.4. The molecule has 0 aliphatic rings. The summed E-state index contributed by atoms with van der Waals surface area (Å²) < 4.78 is 11.2. The van der Waals surface area contributed by atoms with Gasteiger partial charge in [-0.3, -0.25) is 0 Å². The molecule has 0 aliphatic heterocycles. The highest BCUT2D eigenvalue weighted by molar-refractivity contribution is 6.30. The second-order valence-electron chi connectivity index (χ2n) is 4.41. The van der Waals surface area contributed by atoms with Gasteiger partial charge in [0.2, 0.25) is 0 Å². The summed E-state index contributed by atoms with van der Waals surface area (Å²) in [4.78, 5) is 8.47. The van der Waals surface area contributed by atoms with Crippen LogP contribution in [0.2, 0.25) is 5.15 Å². The average molecular weight is 293 g/mol. The van der Waals surface area contributed by atoms with E-state index in [9.17, 15) is 0 Å². The number of aryl methyl sites for hydroxylation is 2. The SMILES string of the molecule is CCCOc1ccc(Oc2nc(C)c(C)nc2Cl)cc1. The van der Waals surface area contributed by atoms with Crippen LogP contribution in [0.5, 0.6) is 17.4 Å². The number of ether oxygens (including phenoxy) is 2. The minimum atomic E-state index is 0.263. The third kappa shape index (κ3) is 3.61. The maximum atomic E-state index is 6.03. The Balaban J connectivity index is 2.12. The lowest BCUT2D eigenvalue weighted by Gasteiger charge is -2.09. The molecule has 0 amide bonds. The molecule has 0 atom stereocenters. The fourth-order valence-corrected chi connectivity index (χ4v) is 1.76. The molecule has 4 nitrogen and oxygen atoms in total. The van der Waals surface area contributed by atoms with Crippen LogP contribution in [0.25, 0.3) is 0 Å². The van der Waals surface area contributed by atoms with Gasteiger partial charge in [0.1, 0.15) is 11.5 Å². The van der Waals surface area contributed by atoms with E-state index in [1.807, 2.05) is 38.1 Å². The van der Waals surface area contributed by atoms with Gasteiger partial charge in [-0.25, -0.2) is 9.97 Å². The number of hydrogen-bond acceptors (Lipinski definition) is 4. The van der Waals surface area contributed by atoms with Crippen molar-refractivity contribution >= 4 is 11.6 Å². The average Bonchev–Trinajstić information content (AvgIpc) is 2.44. The topological polar surface area (TPSA) is 44.2 Å². The molecule has 0 saturated heterocycles. The zero-order valence-corrected chi connectivity index (χ0v) is 12.6. The minimum absolute atomic E-state index is 0.263. The molecule has 0 aliphatic carbocycles. The summed E-state index contributed by atoms with van der Waals surface area (Å²) in [6.45, 7) is 6.50. The number of benzene rings is 1. The van der Waals surface area contributed by atoms with Crippen molar-refractivity contribution in [3.05, 3.63) is 40.8 Å². The van der Waals surface area contributed by atoms with Gasteiger partial charge in [0.05, 0.1) is 18.0 Å². The highest BCUT2D eigenvalue weighted by Crippen LogP contribution is 2.27. The molecule has 2 rings (SSSR count). The molecule has 20 heavy (non-hydrogen) atoms. The highest BCUT2D eigenvalue weighted by Gasteiger charge is 2.09. The van der Waals surface area contributed by atoms with Crippen molar-refractivity contribution in [3.63, 3.8) is 0 Å². The molecule has 0 saturated carbocycles. The molecule has 0 bridgehead atoms. The monoisotopic (exact) mass is 292 g/mol. The highest BCUT2D eigenvalue weighted by atomic mass is 35.5. The van der Waals surface area contributed by atoms with Crippen molar-refractivity contribution in [1.82, 2.24) is 9.97 Å². The summed E-state index contributed by atoms with van der Waals surface area (Å²) in [6, 6.07) is 7.34. The number of nitrogens with zero attached hydrogens (tertiary/aromatic N) is 2. The van der Waals surface area contributed by atoms with E-state index in [0.29, 0.717) is 18.2 Å². The lowest BCUT2D eigenvalue weighted by atomic mass is 10.3. The Morgan fingerprint density at radius 1 is 1.00 bits per heavy atom. The summed E-state index contributed by atoms with van der Waals surface area (Å²) in [5.74, 6) is 1.78. The first-order chi connectivity index (χ1) is 9.60. The van der Waals surface area contributed by atoms with Crippen molar-refractivity contribution < 1.29 is 9.47 Å². The molecule has 0 N–H and O–H groups in total. The van der Waals surface area contributed by atoms with Crippen molar-refractivity contribution in [2.24, 2.45) is 0 Å². The van der Waals surface area contributed by atoms with E-state index in [1.165, 1.54) is 0 Å². The fourth-order valence-electron chi connectivity index (χ4n) is 1.56. The summed E-state index contributed by atoms with van der Waals surface area (Å²) in [6.07, 6.45) is 0.978. The molecule has 0 spiro atoms. The second kappa shape index (κ2) is 6.57. The van der Waals surface area contributed by atoms with Gasteiger partial charge in [-0.15, -0.1) is 0 Å². The zero-order valence-electron chi connectivity index (χ0n) is 11.8. The van der Waals surface area contributed by atoms with E-state index in [0.717, 1.165) is 23.6 Å². The quantitative estimate of drug-likeness (QED) is 0.823. The van der Waals surface area contributed by atoms with Crippen LogP contribution in [0, 0.1) is 13.8 Å². The van der Waals surface area contributed by atoms with Gasteiger partial charge < -0.3 is 9.47 Å². The molecule has 1 aromatic heterocycles. The van der Waals surface area contributed by atoms with Gasteiger partial charge in [-0.1, -0.05) is 18.5 Å². The summed E-state index contributed by atoms with van der Waals surface area (Å²) >= 11 is 6.03. The summed E-state index contributed by atoms with van der Waals surface area (Å²) in [7, 11) is 0. The third-order valence-corrected chi connectivity index (χ3v) is 2.99. The van der Waals surface area contributed by atoms with Crippen molar-refractivity contribution in [2.45, 2.75) is 27.2 Å². The Kier molecular flexibility index (Phi) is 4.79. The van der Waals surface area contributed by atoms with E-state index in [1.54, 1.807) is 0 Å². The third-order valence-electron chi connectivity index (χ3n) is 2.75. The Morgan fingerprint density at radius 2 is 1.60 bits per heavy atom. The fraction of sp³-hybridized carbons (Fsp3) is 0.333. The van der Waals surface area contributed by atoms with E-state index in [4.69, 9.17) is 21.1 Å². The number of rotatable bonds is 5. The smallest absolute Gasteiger partial charge is 0.257 e. The Labute approximate surface area is 123 Å². The molecule has 0 unspecified atom stereocenters. The Morgan fingerprint density at radius 3 is 2.25 bits per heavy atom. The van der Waals surface area contributed by atoms with Crippen molar-refractivity contribution in [3.8, 4) is 17.4 Å². The van der Waals surface area contributed by atoms with Crippen LogP contribution in [0.4, 0.5) is 0 Å². The number of aromatic nitrogens is 2. The van der Waals surface area contributed by atoms with E-state index >= 15 is 0 Å². The van der Waals surface area contributed by atoms with Crippen molar-refractivity contribution in [1.29, 1.82) is 0 Å². The lowest BCUT2D eigenvalue weighted by Crippen LogP contribution is -1.98. The molecule has 0 fully saturated rings. The van der Waals surface area contributed by atoms with Crippen LogP contribution in [-0.4, -0.2) is 16.6 Å². The van der Waals surface area contributed by atoms with Crippen molar-refractivity contribution in [2.75, 3.05) is 6.61 Å². The molecular formula is C15H17ClN2O2. The van der Waals surface area contributed by atoms with Crippen LogP contribution in [0.15, 0.2) is 24.3 Å². The Hall–Kier alpha value is -1.81. The molecule has 2 aromatic rings. The van der Waals surface area contributed by atoms with E-state index in [2.05, 4.69) is 16.9 Å².